The molecule has 2 aromatic rings. The van der Waals surface area contributed by atoms with Gasteiger partial charge in [-0.05, 0) is 48.9 Å². The Balaban J connectivity index is 1.78. The predicted octanol–water partition coefficient (Wildman–Crippen LogP) is 2.21. The predicted molar refractivity (Wildman–Crippen MR) is 121 cm³/mol. The lowest BCUT2D eigenvalue weighted by molar-refractivity contribution is -0.120. The first-order chi connectivity index (χ1) is 14.8. The molecule has 0 radical (unpaired) electrons. The van der Waals surface area contributed by atoms with Gasteiger partial charge in [0, 0.05) is 43.1 Å². The molecule has 166 valence electrons. The van der Waals surface area contributed by atoms with Crippen LogP contribution in [0.4, 0.5) is 11.4 Å². The molecule has 2 N–H and O–H groups in total. The number of rotatable bonds is 7. The first-order valence-electron chi connectivity index (χ1n) is 10.3. The molecule has 1 aliphatic rings. The molecule has 1 aliphatic heterocycles. The van der Waals surface area contributed by atoms with Crippen molar-refractivity contribution >= 4 is 33.2 Å². The number of anilines is 2. The van der Waals surface area contributed by atoms with Gasteiger partial charge in [0.2, 0.25) is 15.9 Å². The van der Waals surface area contributed by atoms with Crippen molar-refractivity contribution in [2.45, 2.75) is 25.7 Å². The average molecular weight is 445 g/mol. The van der Waals surface area contributed by atoms with Gasteiger partial charge in [0.15, 0.2) is 0 Å². The van der Waals surface area contributed by atoms with Crippen LogP contribution in [0.2, 0.25) is 0 Å². The number of carbonyl (C=O) groups is 2. The summed E-state index contributed by atoms with van der Waals surface area (Å²) in [6.07, 6.45) is 0. The highest BCUT2D eigenvalue weighted by molar-refractivity contribution is 7.89. The van der Waals surface area contributed by atoms with Gasteiger partial charge in [-0.1, -0.05) is 19.9 Å². The van der Waals surface area contributed by atoms with E-state index in [4.69, 9.17) is 0 Å². The van der Waals surface area contributed by atoms with Crippen molar-refractivity contribution in [3.05, 3.63) is 53.6 Å². The van der Waals surface area contributed by atoms with Crippen LogP contribution in [0.3, 0.4) is 0 Å². The van der Waals surface area contributed by atoms with Gasteiger partial charge in [-0.15, -0.1) is 0 Å². The molecule has 0 spiro atoms. The third kappa shape index (κ3) is 5.05. The summed E-state index contributed by atoms with van der Waals surface area (Å²) in [4.78, 5) is 26.5. The Morgan fingerprint density at radius 2 is 1.81 bits per heavy atom. The van der Waals surface area contributed by atoms with Crippen LogP contribution in [0.5, 0.6) is 0 Å². The molecular formula is C22H28N4O4S. The normalized spacial score (nSPS) is 14.5. The van der Waals surface area contributed by atoms with Crippen LogP contribution < -0.4 is 15.5 Å². The van der Waals surface area contributed by atoms with Crippen LogP contribution in [0, 0.1) is 6.92 Å². The molecule has 1 fully saturated rings. The van der Waals surface area contributed by atoms with E-state index in [0.717, 1.165) is 12.2 Å². The largest absolute Gasteiger partial charge is 0.360 e. The molecule has 3 rings (SSSR count). The van der Waals surface area contributed by atoms with E-state index in [-0.39, 0.29) is 16.7 Å². The summed E-state index contributed by atoms with van der Waals surface area (Å²) < 4.78 is 27.0. The molecule has 0 atom stereocenters. The van der Waals surface area contributed by atoms with Crippen LogP contribution in [0.15, 0.2) is 47.4 Å². The van der Waals surface area contributed by atoms with Gasteiger partial charge in [-0.25, -0.2) is 8.42 Å². The zero-order chi connectivity index (χ0) is 22.6. The van der Waals surface area contributed by atoms with Gasteiger partial charge in [0.25, 0.3) is 5.91 Å². The lowest BCUT2D eigenvalue weighted by Gasteiger charge is -2.28. The molecule has 8 nitrogen and oxygen atoms in total. The minimum atomic E-state index is -3.65. The average Bonchev–Trinajstić information content (AvgIpc) is 2.75. The molecule has 1 heterocycles. The zero-order valence-corrected chi connectivity index (χ0v) is 18.8. The monoisotopic (exact) mass is 444 g/mol. The Morgan fingerprint density at radius 3 is 2.42 bits per heavy atom. The zero-order valence-electron chi connectivity index (χ0n) is 18.0. The standard InChI is InChI=1S/C22H28N4O4S/c1-4-26(5-2)31(29,30)19-11-6-16(3)20(14-19)22(28)24-17-7-9-18(10-8-17)25-13-12-23-21(27)15-25/h6-11,14H,4-5,12-13,15H2,1-3H3,(H,23,27)(H,24,28). The second kappa shape index (κ2) is 9.49. The number of carbonyl (C=O) groups excluding carboxylic acids is 2. The first-order valence-corrected chi connectivity index (χ1v) is 11.7. The molecule has 0 unspecified atom stereocenters. The lowest BCUT2D eigenvalue weighted by Crippen LogP contribution is -2.47. The summed E-state index contributed by atoms with van der Waals surface area (Å²) in [6.45, 7) is 7.68. The topological polar surface area (TPSA) is 98.8 Å². The van der Waals surface area contributed by atoms with Gasteiger partial charge >= 0.3 is 0 Å². The van der Waals surface area contributed by atoms with E-state index in [9.17, 15) is 18.0 Å². The molecule has 0 saturated carbocycles. The molecule has 0 aromatic heterocycles. The molecule has 2 aromatic carbocycles. The third-order valence-corrected chi connectivity index (χ3v) is 7.37. The number of benzene rings is 2. The van der Waals surface area contributed by atoms with Crippen molar-refractivity contribution in [1.29, 1.82) is 0 Å². The van der Waals surface area contributed by atoms with Crippen LogP contribution in [0.25, 0.3) is 0 Å². The summed E-state index contributed by atoms with van der Waals surface area (Å²) in [5.41, 5.74) is 2.49. The Labute approximate surface area is 183 Å². The van der Waals surface area contributed by atoms with E-state index >= 15 is 0 Å². The smallest absolute Gasteiger partial charge is 0.255 e. The Morgan fingerprint density at radius 1 is 1.13 bits per heavy atom. The summed E-state index contributed by atoms with van der Waals surface area (Å²) in [5.74, 6) is -0.391. The number of aryl methyl sites for hydroxylation is 1. The maximum absolute atomic E-state index is 12.9. The number of piperazine rings is 1. The van der Waals surface area contributed by atoms with Crippen molar-refractivity contribution < 1.29 is 18.0 Å². The highest BCUT2D eigenvalue weighted by Crippen LogP contribution is 2.22. The molecule has 31 heavy (non-hydrogen) atoms. The van der Waals surface area contributed by atoms with Crippen molar-refractivity contribution in [1.82, 2.24) is 9.62 Å². The van der Waals surface area contributed by atoms with Crippen molar-refractivity contribution in [2.24, 2.45) is 0 Å². The van der Waals surface area contributed by atoms with E-state index in [1.165, 1.54) is 16.4 Å². The Kier molecular flexibility index (Phi) is 6.97. The minimum absolute atomic E-state index is 0.0151. The quantitative estimate of drug-likeness (QED) is 0.682. The van der Waals surface area contributed by atoms with E-state index in [1.807, 2.05) is 17.0 Å². The Hall–Kier alpha value is -2.91. The maximum Gasteiger partial charge on any atom is 0.255 e. The van der Waals surface area contributed by atoms with E-state index < -0.39 is 10.0 Å². The van der Waals surface area contributed by atoms with Crippen LogP contribution in [-0.2, 0) is 14.8 Å². The molecule has 1 saturated heterocycles. The van der Waals surface area contributed by atoms with Crippen molar-refractivity contribution in [3.8, 4) is 0 Å². The van der Waals surface area contributed by atoms with Crippen LogP contribution >= 0.6 is 0 Å². The van der Waals surface area contributed by atoms with Crippen molar-refractivity contribution in [3.63, 3.8) is 0 Å². The van der Waals surface area contributed by atoms with Crippen LogP contribution in [-0.4, -0.2) is 57.3 Å². The number of amides is 2. The third-order valence-electron chi connectivity index (χ3n) is 5.33. The van der Waals surface area contributed by atoms with E-state index in [1.54, 1.807) is 39.0 Å². The van der Waals surface area contributed by atoms with Crippen molar-refractivity contribution in [2.75, 3.05) is 42.9 Å². The Bertz CT molecular complexity index is 1060. The van der Waals surface area contributed by atoms with Gasteiger partial charge in [-0.3, -0.25) is 9.59 Å². The number of hydrogen-bond acceptors (Lipinski definition) is 5. The fourth-order valence-electron chi connectivity index (χ4n) is 3.53. The van der Waals surface area contributed by atoms with Crippen LogP contribution in [0.1, 0.15) is 29.8 Å². The lowest BCUT2D eigenvalue weighted by atomic mass is 10.1. The number of nitrogens with zero attached hydrogens (tertiary/aromatic N) is 2. The fourth-order valence-corrected chi connectivity index (χ4v) is 5.02. The number of sulfonamides is 1. The SMILES string of the molecule is CCN(CC)S(=O)(=O)c1ccc(C)c(C(=O)Nc2ccc(N3CCNC(=O)C3)cc2)c1. The van der Waals surface area contributed by atoms with E-state index in [0.29, 0.717) is 43.0 Å². The molecule has 9 heteroatoms. The molecule has 2 amide bonds. The van der Waals surface area contributed by atoms with E-state index in [2.05, 4.69) is 10.6 Å². The van der Waals surface area contributed by atoms with Gasteiger partial charge in [0.05, 0.1) is 11.4 Å². The summed E-state index contributed by atoms with van der Waals surface area (Å²) in [6, 6.07) is 11.8. The fraction of sp³-hybridized carbons (Fsp3) is 0.364. The summed E-state index contributed by atoms with van der Waals surface area (Å²) in [5, 5.41) is 5.62. The summed E-state index contributed by atoms with van der Waals surface area (Å²) in [7, 11) is -3.65. The molecule has 0 bridgehead atoms. The second-order valence-electron chi connectivity index (χ2n) is 7.34. The first kappa shape index (κ1) is 22.8. The molecule has 0 aliphatic carbocycles. The highest BCUT2D eigenvalue weighted by atomic mass is 32.2. The van der Waals surface area contributed by atoms with Gasteiger partial charge in [0.1, 0.15) is 0 Å². The van der Waals surface area contributed by atoms with Gasteiger partial charge < -0.3 is 15.5 Å². The summed E-state index contributed by atoms with van der Waals surface area (Å²) >= 11 is 0. The highest BCUT2D eigenvalue weighted by Gasteiger charge is 2.23. The van der Waals surface area contributed by atoms with Gasteiger partial charge in [-0.2, -0.15) is 4.31 Å². The second-order valence-corrected chi connectivity index (χ2v) is 9.28. The maximum atomic E-state index is 12.9. The number of hydrogen-bond donors (Lipinski definition) is 2. The number of nitrogens with one attached hydrogen (secondary N) is 2. The minimum Gasteiger partial charge on any atom is -0.360 e. The molecular weight excluding hydrogens is 416 g/mol.